The number of ether oxygens (including phenoxy) is 2. The lowest BCUT2D eigenvalue weighted by molar-refractivity contribution is -0.115. The van der Waals surface area contributed by atoms with Crippen molar-refractivity contribution in [3.8, 4) is 23.1 Å². The van der Waals surface area contributed by atoms with Crippen LogP contribution >= 0.6 is 23.1 Å². The number of nitrogens with one attached hydrogen (secondary N) is 1. The van der Waals surface area contributed by atoms with E-state index in [1.807, 2.05) is 30.3 Å². The van der Waals surface area contributed by atoms with Gasteiger partial charge in [0.2, 0.25) is 5.91 Å². The molecule has 0 atom stereocenters. The van der Waals surface area contributed by atoms with Crippen LogP contribution in [-0.2, 0) is 22.4 Å². The molecule has 2 aromatic heterocycles. The molecule has 186 valence electrons. The predicted molar refractivity (Wildman–Crippen MR) is 142 cm³/mol. The van der Waals surface area contributed by atoms with Gasteiger partial charge in [-0.3, -0.25) is 4.79 Å². The number of aromatic nitrogens is 1. The van der Waals surface area contributed by atoms with Crippen LogP contribution in [0.1, 0.15) is 52.5 Å². The number of pyridine rings is 1. The van der Waals surface area contributed by atoms with E-state index in [9.17, 15) is 14.9 Å². The zero-order valence-electron chi connectivity index (χ0n) is 20.3. The third-order valence-corrected chi connectivity index (χ3v) is 8.04. The number of nitrogens with zero attached hydrogens (tertiary/aromatic N) is 2. The summed E-state index contributed by atoms with van der Waals surface area (Å²) in [6.07, 6.45) is 4.09. The number of benzene rings is 1. The highest BCUT2D eigenvalue weighted by atomic mass is 32.2. The molecule has 0 bridgehead atoms. The van der Waals surface area contributed by atoms with E-state index in [4.69, 9.17) is 9.47 Å². The minimum absolute atomic E-state index is 0.184. The highest BCUT2D eigenvalue weighted by Gasteiger charge is 2.27. The Morgan fingerprint density at radius 1 is 1.17 bits per heavy atom. The molecule has 0 fully saturated rings. The summed E-state index contributed by atoms with van der Waals surface area (Å²) in [4.78, 5) is 31.2. The standard InChI is InChI=1S/C27H27N3O4S2/c1-3-34-27(32)24-20-6-4-5-7-22(20)36-26(24)30-23(31)14-15-35-25-18(16-28)10-13-21(29-25)17-8-11-19(33-2)12-9-17/h8-13H,3-7,14-15H2,1-2H3,(H,30,31). The monoisotopic (exact) mass is 521 g/mol. The third kappa shape index (κ3) is 5.89. The van der Waals surface area contributed by atoms with Gasteiger partial charge in [0.25, 0.3) is 0 Å². The summed E-state index contributed by atoms with van der Waals surface area (Å²) in [6.45, 7) is 2.07. The van der Waals surface area contributed by atoms with Gasteiger partial charge >= 0.3 is 5.97 Å². The molecule has 7 nitrogen and oxygen atoms in total. The van der Waals surface area contributed by atoms with Crippen molar-refractivity contribution in [2.45, 2.75) is 44.1 Å². The lowest BCUT2D eigenvalue weighted by Crippen LogP contribution is -2.16. The number of hydrogen-bond acceptors (Lipinski definition) is 8. The van der Waals surface area contributed by atoms with Crippen LogP contribution in [0.15, 0.2) is 41.4 Å². The number of carbonyl (C=O) groups is 2. The maximum absolute atomic E-state index is 12.8. The summed E-state index contributed by atoms with van der Waals surface area (Å²) in [5.41, 5.74) is 3.65. The van der Waals surface area contributed by atoms with Gasteiger partial charge in [0.05, 0.1) is 30.5 Å². The van der Waals surface area contributed by atoms with E-state index >= 15 is 0 Å². The molecule has 0 radical (unpaired) electrons. The second-order valence-corrected chi connectivity index (χ2v) is 10.4. The fraction of sp³-hybridized carbons (Fsp3) is 0.333. The van der Waals surface area contributed by atoms with Gasteiger partial charge in [0.15, 0.2) is 0 Å². The second kappa shape index (κ2) is 12.1. The quantitative estimate of drug-likeness (QED) is 0.278. The number of anilines is 1. The van der Waals surface area contributed by atoms with Gasteiger partial charge in [0.1, 0.15) is 21.8 Å². The van der Waals surface area contributed by atoms with Crippen molar-refractivity contribution in [2.75, 3.05) is 24.8 Å². The Labute approximate surface area is 218 Å². The Morgan fingerprint density at radius 3 is 2.67 bits per heavy atom. The van der Waals surface area contributed by atoms with E-state index in [-0.39, 0.29) is 24.9 Å². The number of hydrogen-bond donors (Lipinski definition) is 1. The molecule has 9 heteroatoms. The molecule has 0 saturated carbocycles. The minimum atomic E-state index is -0.375. The molecular weight excluding hydrogens is 494 g/mol. The fourth-order valence-corrected chi connectivity index (χ4v) is 6.27. The Balaban J connectivity index is 1.43. The SMILES string of the molecule is CCOC(=O)c1c(NC(=O)CCSc2nc(-c3ccc(OC)cc3)ccc2C#N)sc2c1CCCC2. The van der Waals surface area contributed by atoms with Crippen molar-refractivity contribution in [1.29, 1.82) is 5.26 Å². The third-order valence-electron chi connectivity index (χ3n) is 5.84. The van der Waals surface area contributed by atoms with E-state index in [1.165, 1.54) is 23.1 Å². The first kappa shape index (κ1) is 25.7. The molecule has 0 unspecified atom stereocenters. The molecule has 1 amide bonds. The van der Waals surface area contributed by atoms with Crippen molar-refractivity contribution in [2.24, 2.45) is 0 Å². The molecular formula is C27H27N3O4S2. The molecule has 36 heavy (non-hydrogen) atoms. The molecule has 4 rings (SSSR count). The first-order chi connectivity index (χ1) is 17.5. The van der Waals surface area contributed by atoms with Crippen LogP contribution in [0.5, 0.6) is 5.75 Å². The zero-order chi connectivity index (χ0) is 25.5. The Kier molecular flexibility index (Phi) is 8.62. The second-order valence-electron chi connectivity index (χ2n) is 8.17. The Morgan fingerprint density at radius 2 is 1.94 bits per heavy atom. The maximum Gasteiger partial charge on any atom is 0.341 e. The predicted octanol–water partition coefficient (Wildman–Crippen LogP) is 5.87. The van der Waals surface area contributed by atoms with Gasteiger partial charge in [-0.05, 0) is 74.6 Å². The average molecular weight is 522 g/mol. The molecule has 1 aliphatic carbocycles. The van der Waals surface area contributed by atoms with Gasteiger partial charge in [-0.1, -0.05) is 0 Å². The van der Waals surface area contributed by atoms with Gasteiger partial charge in [0, 0.05) is 22.6 Å². The van der Waals surface area contributed by atoms with E-state index in [0.29, 0.717) is 26.9 Å². The molecule has 0 saturated heterocycles. The molecule has 0 aliphatic heterocycles. The normalized spacial score (nSPS) is 12.4. The molecule has 3 aromatic rings. The lowest BCUT2D eigenvalue weighted by Gasteiger charge is -2.12. The Bertz CT molecular complexity index is 1300. The average Bonchev–Trinajstić information content (AvgIpc) is 3.26. The summed E-state index contributed by atoms with van der Waals surface area (Å²) in [6, 6.07) is 13.3. The topological polar surface area (TPSA) is 101 Å². The van der Waals surface area contributed by atoms with Crippen molar-refractivity contribution in [3.63, 3.8) is 0 Å². The van der Waals surface area contributed by atoms with Crippen LogP contribution in [0.2, 0.25) is 0 Å². The highest BCUT2D eigenvalue weighted by Crippen LogP contribution is 2.38. The summed E-state index contributed by atoms with van der Waals surface area (Å²) < 4.78 is 10.5. The van der Waals surface area contributed by atoms with E-state index in [2.05, 4.69) is 16.4 Å². The first-order valence-electron chi connectivity index (χ1n) is 11.8. The smallest absolute Gasteiger partial charge is 0.341 e. The number of methoxy groups -OCH3 is 1. The van der Waals surface area contributed by atoms with Crippen molar-refractivity contribution < 1.29 is 19.1 Å². The van der Waals surface area contributed by atoms with Gasteiger partial charge in [-0.15, -0.1) is 23.1 Å². The van der Waals surface area contributed by atoms with E-state index < -0.39 is 0 Å². The van der Waals surface area contributed by atoms with Crippen LogP contribution < -0.4 is 10.1 Å². The van der Waals surface area contributed by atoms with Crippen LogP contribution in [0.4, 0.5) is 5.00 Å². The van der Waals surface area contributed by atoms with Crippen molar-refractivity contribution in [1.82, 2.24) is 4.98 Å². The number of fused-ring (bicyclic) bond motifs is 1. The van der Waals surface area contributed by atoms with Crippen LogP contribution in [0, 0.1) is 11.3 Å². The zero-order valence-corrected chi connectivity index (χ0v) is 21.9. The van der Waals surface area contributed by atoms with Crippen LogP contribution in [0.3, 0.4) is 0 Å². The summed E-state index contributed by atoms with van der Waals surface area (Å²) in [5.74, 6) is 0.640. The molecule has 1 N–H and O–H groups in total. The van der Waals surface area contributed by atoms with Crippen molar-refractivity contribution >= 4 is 40.0 Å². The van der Waals surface area contributed by atoms with Crippen molar-refractivity contribution in [3.05, 3.63) is 58.0 Å². The molecule has 0 spiro atoms. The first-order valence-corrected chi connectivity index (χ1v) is 13.6. The number of thiophene rings is 1. The minimum Gasteiger partial charge on any atom is -0.497 e. The molecule has 1 aromatic carbocycles. The highest BCUT2D eigenvalue weighted by molar-refractivity contribution is 7.99. The maximum atomic E-state index is 12.8. The number of amides is 1. The molecule has 1 aliphatic rings. The number of carbonyl (C=O) groups excluding carboxylic acids is 2. The number of thioether (sulfide) groups is 1. The lowest BCUT2D eigenvalue weighted by atomic mass is 9.95. The fourth-order valence-electron chi connectivity index (χ4n) is 4.06. The molecule has 2 heterocycles. The van der Waals surface area contributed by atoms with Gasteiger partial charge in [-0.25, -0.2) is 9.78 Å². The van der Waals surface area contributed by atoms with Gasteiger partial charge < -0.3 is 14.8 Å². The van der Waals surface area contributed by atoms with Crippen LogP contribution in [-0.4, -0.2) is 36.3 Å². The van der Waals surface area contributed by atoms with Crippen LogP contribution in [0.25, 0.3) is 11.3 Å². The van der Waals surface area contributed by atoms with Gasteiger partial charge in [-0.2, -0.15) is 5.26 Å². The number of nitriles is 1. The van der Waals surface area contributed by atoms with E-state index in [1.54, 1.807) is 20.1 Å². The number of esters is 1. The largest absolute Gasteiger partial charge is 0.497 e. The Hall–Kier alpha value is -3.35. The van der Waals surface area contributed by atoms with E-state index in [0.717, 1.165) is 53.1 Å². The summed E-state index contributed by atoms with van der Waals surface area (Å²) in [5, 5.41) is 13.6. The number of rotatable bonds is 9. The number of aryl methyl sites for hydroxylation is 1. The summed E-state index contributed by atoms with van der Waals surface area (Å²) >= 11 is 2.84. The summed E-state index contributed by atoms with van der Waals surface area (Å²) in [7, 11) is 1.62.